The van der Waals surface area contributed by atoms with E-state index in [1.807, 2.05) is 0 Å². The third-order valence-corrected chi connectivity index (χ3v) is 9.68. The van der Waals surface area contributed by atoms with E-state index in [-0.39, 0.29) is 0 Å². The van der Waals surface area contributed by atoms with E-state index in [1.54, 1.807) is 3.96 Å². The van der Waals surface area contributed by atoms with Crippen LogP contribution in [-0.2, 0) is 16.1 Å². The summed E-state index contributed by atoms with van der Waals surface area (Å²) in [6.45, 7) is 0. The summed E-state index contributed by atoms with van der Waals surface area (Å²) in [5.74, 6) is 0. The van der Waals surface area contributed by atoms with Gasteiger partial charge in [0, 0.05) is 0 Å². The van der Waals surface area contributed by atoms with Gasteiger partial charge in [0.2, 0.25) is 0 Å². The normalized spacial score (nSPS) is 15.8. The van der Waals surface area contributed by atoms with Gasteiger partial charge in [-0.25, -0.2) is 0 Å². The van der Waals surface area contributed by atoms with E-state index in [9.17, 15) is 0 Å². The molecule has 3 aromatic rings. The van der Waals surface area contributed by atoms with Crippen LogP contribution in [-0.4, -0.2) is 0 Å². The molecule has 0 amide bonds. The summed E-state index contributed by atoms with van der Waals surface area (Å²) < 4.78 is 1.72. The van der Waals surface area contributed by atoms with Crippen molar-refractivity contribution in [2.75, 3.05) is 0 Å². The number of fused-ring (bicyclic) bond motifs is 3. The van der Waals surface area contributed by atoms with Crippen LogP contribution in [0.25, 0.3) is 27.1 Å². The quantitative estimate of drug-likeness (QED) is 0.347. The van der Waals surface area contributed by atoms with E-state index < -0.39 is 16.1 Å². The average molecular weight is 481 g/mol. The molecule has 0 aliphatic heterocycles. The molecule has 0 saturated heterocycles. The van der Waals surface area contributed by atoms with Gasteiger partial charge in [0.05, 0.1) is 0 Å². The SMILES string of the molecule is [CH3][Pt]([CH3])([CH3])[C]1=C(c2cccc3c2ccc2ccccc23)C=CC1. The average Bonchev–Trinajstić information content (AvgIpc) is 3.04. The van der Waals surface area contributed by atoms with Crippen molar-refractivity contribution in [3.63, 3.8) is 0 Å². The Balaban J connectivity index is 2.06. The summed E-state index contributed by atoms with van der Waals surface area (Å²) >= 11 is -1.74. The summed E-state index contributed by atoms with van der Waals surface area (Å²) in [4.78, 5) is 0. The number of hydrogen-bond donors (Lipinski definition) is 0. The zero-order valence-electron chi connectivity index (χ0n) is 13.9. The summed E-state index contributed by atoms with van der Waals surface area (Å²) in [7, 11) is 0. The van der Waals surface area contributed by atoms with Gasteiger partial charge in [0.25, 0.3) is 0 Å². The van der Waals surface area contributed by atoms with Gasteiger partial charge in [-0.2, -0.15) is 0 Å². The summed E-state index contributed by atoms with van der Waals surface area (Å²) in [5.41, 5.74) is 2.91. The molecule has 0 unspecified atom stereocenters. The van der Waals surface area contributed by atoms with Crippen LogP contribution in [0.5, 0.6) is 0 Å². The molecule has 120 valence electrons. The van der Waals surface area contributed by atoms with Crippen LogP contribution in [0.2, 0.25) is 15.9 Å². The molecule has 0 aromatic heterocycles. The van der Waals surface area contributed by atoms with Crippen molar-refractivity contribution in [3.05, 3.63) is 76.3 Å². The van der Waals surface area contributed by atoms with Crippen molar-refractivity contribution in [1.29, 1.82) is 0 Å². The van der Waals surface area contributed by atoms with Crippen LogP contribution in [0.4, 0.5) is 0 Å². The topological polar surface area (TPSA) is 0 Å². The van der Waals surface area contributed by atoms with Gasteiger partial charge in [-0.05, 0) is 0 Å². The number of allylic oxidation sites excluding steroid dienone is 4. The summed E-state index contributed by atoms with van der Waals surface area (Å²) in [5, 5.41) is 12.9. The number of benzene rings is 3. The van der Waals surface area contributed by atoms with Crippen molar-refractivity contribution in [2.45, 2.75) is 22.4 Å². The molecule has 1 heteroatoms. The van der Waals surface area contributed by atoms with E-state index in [4.69, 9.17) is 0 Å². The maximum atomic E-state index is 2.50. The Morgan fingerprint density at radius 2 is 1.52 bits per heavy atom. The molecule has 1 aliphatic carbocycles. The van der Waals surface area contributed by atoms with Gasteiger partial charge in [0.1, 0.15) is 0 Å². The van der Waals surface area contributed by atoms with Crippen LogP contribution in [0, 0.1) is 0 Å². The fraction of sp³-hybridized carbons (Fsp3) is 0.182. The van der Waals surface area contributed by atoms with Crippen LogP contribution in [0.1, 0.15) is 12.0 Å². The molecule has 0 radical (unpaired) electrons. The van der Waals surface area contributed by atoms with E-state index in [1.165, 1.54) is 32.7 Å². The molecule has 0 bridgehead atoms. The predicted molar refractivity (Wildman–Crippen MR) is 99.7 cm³/mol. The van der Waals surface area contributed by atoms with E-state index in [0.717, 1.165) is 6.42 Å². The number of rotatable bonds is 2. The van der Waals surface area contributed by atoms with E-state index in [0.29, 0.717) is 0 Å². The first-order chi connectivity index (χ1) is 11.1. The van der Waals surface area contributed by atoms with E-state index in [2.05, 4.69) is 82.7 Å². The Bertz CT molecular complexity index is 968. The molecule has 0 fully saturated rings. The van der Waals surface area contributed by atoms with Gasteiger partial charge in [-0.3, -0.25) is 0 Å². The van der Waals surface area contributed by atoms with Gasteiger partial charge in [-0.15, -0.1) is 0 Å². The van der Waals surface area contributed by atoms with E-state index >= 15 is 0 Å². The van der Waals surface area contributed by atoms with Crippen molar-refractivity contribution in [3.8, 4) is 0 Å². The fourth-order valence-corrected chi connectivity index (χ4v) is 7.41. The molecule has 1 aliphatic rings. The van der Waals surface area contributed by atoms with Crippen molar-refractivity contribution >= 4 is 27.1 Å². The van der Waals surface area contributed by atoms with Gasteiger partial charge >= 0.3 is 142 Å². The molecule has 0 spiro atoms. The molecule has 0 nitrogen and oxygen atoms in total. The molecule has 4 rings (SSSR count). The first-order valence-corrected chi connectivity index (χ1v) is 15.7. The Labute approximate surface area is 141 Å². The zero-order chi connectivity index (χ0) is 16.0. The van der Waals surface area contributed by atoms with Crippen LogP contribution >= 0.6 is 0 Å². The van der Waals surface area contributed by atoms with Crippen molar-refractivity contribution < 1.29 is 16.1 Å². The molecule has 3 aromatic carbocycles. The second-order valence-electron chi connectivity index (χ2n) is 6.50. The zero-order valence-corrected chi connectivity index (χ0v) is 16.1. The molecule has 0 N–H and O–H groups in total. The van der Waals surface area contributed by atoms with Crippen molar-refractivity contribution in [1.82, 2.24) is 0 Å². The Kier molecular flexibility index (Phi) is 3.54. The monoisotopic (exact) mass is 481 g/mol. The fourth-order valence-electron chi connectivity index (χ4n) is 3.42. The number of hydrogen-bond acceptors (Lipinski definition) is 0. The van der Waals surface area contributed by atoms with Crippen LogP contribution in [0.3, 0.4) is 0 Å². The van der Waals surface area contributed by atoms with Gasteiger partial charge in [0.15, 0.2) is 0 Å². The second kappa shape index (κ2) is 5.46. The Morgan fingerprint density at radius 3 is 2.35 bits per heavy atom. The molecule has 23 heavy (non-hydrogen) atoms. The Morgan fingerprint density at radius 1 is 0.739 bits per heavy atom. The minimum absolute atomic E-state index is 1.15. The maximum absolute atomic E-state index is 2.50. The second-order valence-corrected chi connectivity index (χ2v) is 18.1. The molecule has 0 saturated carbocycles. The van der Waals surface area contributed by atoms with Crippen molar-refractivity contribution in [2.24, 2.45) is 0 Å². The molecule has 0 heterocycles. The molecule has 0 atom stereocenters. The van der Waals surface area contributed by atoms with Crippen LogP contribution in [0.15, 0.2) is 70.7 Å². The first kappa shape index (κ1) is 14.9. The first-order valence-electron chi connectivity index (χ1n) is 7.72. The summed E-state index contributed by atoms with van der Waals surface area (Å²) in [6, 6.07) is 20.0. The van der Waals surface area contributed by atoms with Gasteiger partial charge < -0.3 is 0 Å². The van der Waals surface area contributed by atoms with Crippen LogP contribution < -0.4 is 0 Å². The third kappa shape index (κ3) is 2.50. The predicted octanol–water partition coefficient (Wildman–Crippen LogP) is 6.96. The van der Waals surface area contributed by atoms with Gasteiger partial charge in [-0.1, -0.05) is 0 Å². The minimum atomic E-state index is -1.74. The standard InChI is InChI=1S/C19H13.3CH3.Pt/c1-2-7-14(6-1)17-10-5-11-18-16-9-4-3-8-15(16)12-13-19(17)18;;;;/h1,3-6,8-13H,2H2;3*1H3;. The third-order valence-electron chi connectivity index (χ3n) is 4.49. The Hall–Kier alpha value is -1.65. The molecular weight excluding hydrogens is 459 g/mol. The summed E-state index contributed by atoms with van der Waals surface area (Å²) in [6.07, 6.45) is 5.85. The molecular formula is C22H22Pt.